The zero-order valence-electron chi connectivity index (χ0n) is 18.0. The molecule has 1 heterocycles. The molecule has 0 aliphatic carbocycles. The van der Waals surface area contributed by atoms with Crippen LogP contribution in [0.2, 0.25) is 0 Å². The molecule has 164 valence electrons. The number of hydrogen-bond acceptors (Lipinski definition) is 8. The molecule has 1 fully saturated rings. The van der Waals surface area contributed by atoms with E-state index in [-0.39, 0.29) is 5.91 Å². The van der Waals surface area contributed by atoms with Crippen molar-refractivity contribution in [3.63, 3.8) is 0 Å². The first-order valence-electron chi connectivity index (χ1n) is 9.56. The van der Waals surface area contributed by atoms with E-state index >= 15 is 0 Å². The number of methoxy groups -OCH3 is 4. The molecule has 8 nitrogen and oxygen atoms in total. The molecule has 0 bridgehead atoms. The van der Waals surface area contributed by atoms with E-state index in [9.17, 15) is 4.79 Å². The van der Waals surface area contributed by atoms with Gasteiger partial charge in [0.05, 0.1) is 40.4 Å². The second-order valence-corrected chi connectivity index (χ2v) is 7.46. The van der Waals surface area contributed by atoms with E-state index in [0.717, 1.165) is 11.1 Å². The number of thioether (sulfide) groups is 1. The van der Waals surface area contributed by atoms with Gasteiger partial charge in [-0.15, -0.1) is 5.10 Å². The van der Waals surface area contributed by atoms with Crippen LogP contribution in [0.25, 0.3) is 0 Å². The molecule has 1 aliphatic rings. The van der Waals surface area contributed by atoms with E-state index in [4.69, 9.17) is 18.9 Å². The van der Waals surface area contributed by atoms with Crippen molar-refractivity contribution in [1.82, 2.24) is 4.90 Å². The molecular formula is C22H25N3O5S. The molecule has 0 aromatic heterocycles. The van der Waals surface area contributed by atoms with Gasteiger partial charge in [0.15, 0.2) is 28.2 Å². The number of carbonyl (C=O) groups is 1. The van der Waals surface area contributed by atoms with Crippen molar-refractivity contribution in [2.75, 3.05) is 40.7 Å². The number of benzene rings is 2. The molecule has 0 atom stereocenters. The predicted molar refractivity (Wildman–Crippen MR) is 122 cm³/mol. The summed E-state index contributed by atoms with van der Waals surface area (Å²) in [5.41, 5.74) is 1.85. The molecule has 31 heavy (non-hydrogen) atoms. The fraction of sp³-hybridized carbons (Fsp3) is 0.318. The summed E-state index contributed by atoms with van der Waals surface area (Å²) in [5, 5.41) is 9.00. The summed E-state index contributed by atoms with van der Waals surface area (Å²) < 4.78 is 21.1. The number of ether oxygens (including phenoxy) is 4. The quantitative estimate of drug-likeness (QED) is 0.437. The van der Waals surface area contributed by atoms with Gasteiger partial charge in [-0.2, -0.15) is 5.10 Å². The van der Waals surface area contributed by atoms with Crippen LogP contribution in [-0.4, -0.2) is 62.9 Å². The van der Waals surface area contributed by atoms with Gasteiger partial charge in [-0.1, -0.05) is 17.8 Å². The minimum absolute atomic E-state index is 0.0190. The van der Waals surface area contributed by atoms with Gasteiger partial charge in [0.1, 0.15) is 0 Å². The van der Waals surface area contributed by atoms with Crippen LogP contribution >= 0.6 is 11.8 Å². The Morgan fingerprint density at radius 3 is 2.26 bits per heavy atom. The summed E-state index contributed by atoms with van der Waals surface area (Å²) >= 11 is 1.38. The Hall–Kier alpha value is -3.20. The zero-order valence-corrected chi connectivity index (χ0v) is 18.8. The summed E-state index contributed by atoms with van der Waals surface area (Å²) in [7, 11) is 6.37. The molecule has 2 aromatic rings. The second-order valence-electron chi connectivity index (χ2n) is 6.51. The van der Waals surface area contributed by atoms with E-state index in [1.165, 1.54) is 11.8 Å². The van der Waals surface area contributed by atoms with Crippen LogP contribution in [-0.2, 0) is 11.2 Å². The van der Waals surface area contributed by atoms with Crippen molar-refractivity contribution < 1.29 is 23.7 Å². The molecule has 1 aliphatic heterocycles. The molecule has 1 saturated heterocycles. The minimum Gasteiger partial charge on any atom is -0.493 e. The SMILES string of the molecule is COc1ccc(/C=N/N=C2\SCC(=O)N2CCc2ccc(OC)c(OC)c2)cc1OC. The van der Waals surface area contributed by atoms with E-state index < -0.39 is 0 Å². The van der Waals surface area contributed by atoms with E-state index in [0.29, 0.717) is 46.9 Å². The summed E-state index contributed by atoms with van der Waals surface area (Å²) in [6.45, 7) is 0.506. The molecule has 3 rings (SSSR count). The van der Waals surface area contributed by atoms with Gasteiger partial charge < -0.3 is 18.9 Å². The van der Waals surface area contributed by atoms with Gasteiger partial charge in [0, 0.05) is 6.54 Å². The molecule has 2 aromatic carbocycles. The normalized spacial score (nSPS) is 15.0. The van der Waals surface area contributed by atoms with Crippen molar-refractivity contribution in [2.24, 2.45) is 10.2 Å². The van der Waals surface area contributed by atoms with Gasteiger partial charge in [0.2, 0.25) is 5.91 Å². The number of rotatable bonds is 9. The topological polar surface area (TPSA) is 82.0 Å². The van der Waals surface area contributed by atoms with Gasteiger partial charge in [-0.05, 0) is 47.9 Å². The van der Waals surface area contributed by atoms with Crippen molar-refractivity contribution in [2.45, 2.75) is 6.42 Å². The van der Waals surface area contributed by atoms with Crippen LogP contribution in [0.5, 0.6) is 23.0 Å². The third kappa shape index (κ3) is 5.49. The molecule has 0 saturated carbocycles. The Morgan fingerprint density at radius 1 is 0.935 bits per heavy atom. The first-order valence-corrected chi connectivity index (χ1v) is 10.5. The molecular weight excluding hydrogens is 418 g/mol. The van der Waals surface area contributed by atoms with Gasteiger partial charge in [-0.25, -0.2) is 0 Å². The fourth-order valence-corrected chi connectivity index (χ4v) is 3.91. The van der Waals surface area contributed by atoms with E-state index in [1.54, 1.807) is 45.6 Å². The van der Waals surface area contributed by atoms with Crippen molar-refractivity contribution in [1.29, 1.82) is 0 Å². The fourth-order valence-electron chi connectivity index (χ4n) is 3.05. The third-order valence-electron chi connectivity index (χ3n) is 4.69. The molecule has 0 N–H and O–H groups in total. The molecule has 0 unspecified atom stereocenters. The lowest BCUT2D eigenvalue weighted by molar-refractivity contribution is -0.124. The molecule has 0 radical (unpaired) electrons. The number of amides is 1. The largest absolute Gasteiger partial charge is 0.493 e. The van der Waals surface area contributed by atoms with Crippen LogP contribution in [0.15, 0.2) is 46.6 Å². The highest BCUT2D eigenvalue weighted by Crippen LogP contribution is 2.29. The van der Waals surface area contributed by atoms with Crippen LogP contribution in [0.3, 0.4) is 0 Å². The smallest absolute Gasteiger partial charge is 0.239 e. The maximum Gasteiger partial charge on any atom is 0.239 e. The lowest BCUT2D eigenvalue weighted by atomic mass is 10.1. The molecule has 0 spiro atoms. The highest BCUT2D eigenvalue weighted by Gasteiger charge is 2.28. The molecule has 1 amide bonds. The van der Waals surface area contributed by atoms with Crippen LogP contribution in [0, 0.1) is 0 Å². The third-order valence-corrected chi connectivity index (χ3v) is 5.64. The standard InChI is InChI=1S/C22H25N3O5S/c1-27-17-7-5-15(11-19(17)29-3)9-10-25-21(26)14-31-22(25)24-23-13-16-6-8-18(28-2)20(12-16)30-4/h5-8,11-13H,9-10,14H2,1-4H3/b23-13+,24-22-. The van der Waals surface area contributed by atoms with Gasteiger partial charge >= 0.3 is 0 Å². The lowest BCUT2D eigenvalue weighted by Crippen LogP contribution is -2.31. The summed E-state index contributed by atoms with van der Waals surface area (Å²) in [4.78, 5) is 14.0. The predicted octanol–water partition coefficient (Wildman–Crippen LogP) is 3.23. The lowest BCUT2D eigenvalue weighted by Gasteiger charge is -2.16. The maximum absolute atomic E-state index is 12.3. The minimum atomic E-state index is 0.0190. The van der Waals surface area contributed by atoms with Gasteiger partial charge in [-0.3, -0.25) is 9.69 Å². The summed E-state index contributed by atoms with van der Waals surface area (Å²) in [6.07, 6.45) is 2.27. The van der Waals surface area contributed by atoms with Crippen LogP contribution in [0.4, 0.5) is 0 Å². The number of amidine groups is 1. The highest BCUT2D eigenvalue weighted by atomic mass is 32.2. The average Bonchev–Trinajstić information content (AvgIpc) is 3.16. The zero-order chi connectivity index (χ0) is 22.2. The van der Waals surface area contributed by atoms with Crippen molar-refractivity contribution in [3.05, 3.63) is 47.5 Å². The van der Waals surface area contributed by atoms with Crippen molar-refractivity contribution in [3.8, 4) is 23.0 Å². The Kier molecular flexibility index (Phi) is 7.77. The molecule has 9 heteroatoms. The summed E-state index contributed by atoms with van der Waals surface area (Å²) in [6, 6.07) is 11.2. The number of hydrogen-bond donors (Lipinski definition) is 0. The second kappa shape index (κ2) is 10.7. The number of nitrogens with zero attached hydrogens (tertiary/aromatic N) is 3. The van der Waals surface area contributed by atoms with Gasteiger partial charge in [0.25, 0.3) is 0 Å². The Morgan fingerprint density at radius 2 is 1.58 bits per heavy atom. The van der Waals surface area contributed by atoms with E-state index in [1.807, 2.05) is 30.3 Å². The first kappa shape index (κ1) is 22.5. The maximum atomic E-state index is 12.3. The Labute approximate surface area is 185 Å². The Bertz CT molecular complexity index is 993. The van der Waals surface area contributed by atoms with E-state index in [2.05, 4.69) is 10.2 Å². The Balaban J connectivity index is 1.68. The average molecular weight is 444 g/mol. The van der Waals surface area contributed by atoms with Crippen LogP contribution < -0.4 is 18.9 Å². The summed E-state index contributed by atoms with van der Waals surface area (Å²) in [5.74, 6) is 2.97. The first-order chi connectivity index (χ1) is 15.1. The van der Waals surface area contributed by atoms with Crippen molar-refractivity contribution >= 4 is 29.1 Å². The van der Waals surface area contributed by atoms with Crippen LogP contribution in [0.1, 0.15) is 11.1 Å². The monoisotopic (exact) mass is 443 g/mol. The highest BCUT2D eigenvalue weighted by molar-refractivity contribution is 8.15. The number of carbonyl (C=O) groups excluding carboxylic acids is 1.